The highest BCUT2D eigenvalue weighted by Gasteiger charge is 2.39. The molecule has 2 rings (SSSR count). The molecule has 0 aliphatic carbocycles. The molecule has 1 fully saturated rings. The molecule has 7 heteroatoms. The molecule has 0 spiro atoms. The number of benzene rings is 1. The summed E-state index contributed by atoms with van der Waals surface area (Å²) in [4.78, 5) is 11.0. The van der Waals surface area contributed by atoms with Crippen LogP contribution in [0, 0.1) is 0 Å². The highest BCUT2D eigenvalue weighted by molar-refractivity contribution is 7.91. The van der Waals surface area contributed by atoms with Crippen LogP contribution in [0.5, 0.6) is 0 Å². The Hall–Kier alpha value is -1.27. The molecule has 0 radical (unpaired) electrons. The number of hydrogen-bond acceptors (Lipinski definition) is 5. The second kappa shape index (κ2) is 5.38. The number of carbonyl (C=O) groups excluding carboxylic acids is 1. The second-order valence-corrected chi connectivity index (χ2v) is 7.07. The summed E-state index contributed by atoms with van der Waals surface area (Å²) in [7, 11) is -3.18. The Labute approximate surface area is 116 Å². The summed E-state index contributed by atoms with van der Waals surface area (Å²) in [5.74, 6) is -0.671. The van der Waals surface area contributed by atoms with Crippen molar-refractivity contribution in [3.05, 3.63) is 29.3 Å². The third-order valence-electron chi connectivity index (χ3n) is 2.81. The van der Waals surface area contributed by atoms with Gasteiger partial charge in [0, 0.05) is 17.6 Å². The normalized spacial score (nSPS) is 24.9. The minimum absolute atomic E-state index is 0.0480. The van der Waals surface area contributed by atoms with Crippen LogP contribution in [0.1, 0.15) is 6.92 Å². The lowest BCUT2D eigenvalue weighted by Crippen LogP contribution is -2.35. The lowest BCUT2D eigenvalue weighted by Gasteiger charge is -2.20. The van der Waals surface area contributed by atoms with Gasteiger partial charge in [-0.05, 0) is 24.3 Å². The van der Waals surface area contributed by atoms with Gasteiger partial charge in [-0.1, -0.05) is 11.6 Å². The maximum Gasteiger partial charge on any atom is 0.303 e. The molecule has 1 aliphatic heterocycles. The van der Waals surface area contributed by atoms with Crippen LogP contribution >= 0.6 is 11.6 Å². The first-order valence-corrected chi connectivity index (χ1v) is 7.95. The van der Waals surface area contributed by atoms with E-state index in [9.17, 15) is 13.2 Å². The predicted octanol–water partition coefficient (Wildman–Crippen LogP) is 1.48. The van der Waals surface area contributed by atoms with Gasteiger partial charge in [0.2, 0.25) is 0 Å². The minimum Gasteiger partial charge on any atom is -0.459 e. The fraction of sp³-hybridized carbons (Fsp3) is 0.417. The SMILES string of the molecule is CC(=O)O[C@H]1CS(=O)(=O)C[C@@H]1Nc1ccc(Cl)cc1. The largest absolute Gasteiger partial charge is 0.459 e. The van der Waals surface area contributed by atoms with Crippen molar-refractivity contribution in [2.75, 3.05) is 16.8 Å². The summed E-state index contributed by atoms with van der Waals surface area (Å²) < 4.78 is 28.3. The van der Waals surface area contributed by atoms with Gasteiger partial charge in [-0.25, -0.2) is 8.42 Å². The summed E-state index contributed by atoms with van der Waals surface area (Å²) in [6, 6.07) is 6.47. The molecule has 5 nitrogen and oxygen atoms in total. The van der Waals surface area contributed by atoms with Crippen LogP contribution in [0.4, 0.5) is 5.69 Å². The van der Waals surface area contributed by atoms with E-state index in [4.69, 9.17) is 16.3 Å². The Balaban J connectivity index is 2.12. The summed E-state index contributed by atoms with van der Waals surface area (Å²) in [6.45, 7) is 1.27. The lowest BCUT2D eigenvalue weighted by atomic mass is 10.2. The molecule has 1 heterocycles. The molecule has 1 aromatic carbocycles. The molecule has 0 amide bonds. The number of hydrogen-bond donors (Lipinski definition) is 1. The number of halogens is 1. The molecule has 0 bridgehead atoms. The molecule has 1 saturated heterocycles. The van der Waals surface area contributed by atoms with E-state index in [0.717, 1.165) is 5.69 Å². The Morgan fingerprint density at radius 1 is 1.32 bits per heavy atom. The standard InChI is InChI=1S/C12H14ClNO4S/c1-8(15)18-12-7-19(16,17)6-11(12)14-10-4-2-9(13)3-5-10/h2-5,11-12,14H,6-7H2,1H3/t11-,12-/m0/s1. The number of rotatable bonds is 3. The summed E-state index contributed by atoms with van der Waals surface area (Å²) in [5.41, 5.74) is 0.739. The Morgan fingerprint density at radius 2 is 1.95 bits per heavy atom. The number of anilines is 1. The van der Waals surface area contributed by atoms with E-state index in [0.29, 0.717) is 5.02 Å². The molecule has 104 valence electrons. The van der Waals surface area contributed by atoms with Crippen molar-refractivity contribution < 1.29 is 17.9 Å². The summed E-state index contributed by atoms with van der Waals surface area (Å²) in [5, 5.41) is 3.66. The molecule has 1 aliphatic rings. The van der Waals surface area contributed by atoms with Gasteiger partial charge >= 0.3 is 5.97 Å². The highest BCUT2D eigenvalue weighted by atomic mass is 35.5. The van der Waals surface area contributed by atoms with E-state index in [-0.39, 0.29) is 11.5 Å². The molecule has 19 heavy (non-hydrogen) atoms. The molecule has 1 aromatic rings. The zero-order valence-corrected chi connectivity index (χ0v) is 11.9. The van der Waals surface area contributed by atoms with E-state index < -0.39 is 28.0 Å². The third-order valence-corrected chi connectivity index (χ3v) is 4.77. The highest BCUT2D eigenvalue weighted by Crippen LogP contribution is 2.21. The van der Waals surface area contributed by atoms with Crippen molar-refractivity contribution in [1.29, 1.82) is 0 Å². The minimum atomic E-state index is -3.18. The first-order valence-electron chi connectivity index (χ1n) is 5.75. The van der Waals surface area contributed by atoms with Crippen molar-refractivity contribution in [3.63, 3.8) is 0 Å². The smallest absolute Gasteiger partial charge is 0.303 e. The zero-order chi connectivity index (χ0) is 14.0. The van der Waals surface area contributed by atoms with Crippen LogP contribution in [0.15, 0.2) is 24.3 Å². The van der Waals surface area contributed by atoms with Gasteiger partial charge in [0.25, 0.3) is 0 Å². The van der Waals surface area contributed by atoms with Crippen LogP contribution in [-0.2, 0) is 19.4 Å². The lowest BCUT2D eigenvalue weighted by molar-refractivity contribution is -0.145. The fourth-order valence-electron chi connectivity index (χ4n) is 2.04. The van der Waals surface area contributed by atoms with Crippen molar-refractivity contribution in [3.8, 4) is 0 Å². The van der Waals surface area contributed by atoms with Crippen molar-refractivity contribution >= 4 is 33.1 Å². The van der Waals surface area contributed by atoms with Crippen LogP contribution in [0.2, 0.25) is 5.02 Å². The van der Waals surface area contributed by atoms with Crippen LogP contribution in [-0.4, -0.2) is 38.0 Å². The van der Waals surface area contributed by atoms with Crippen molar-refractivity contribution in [2.24, 2.45) is 0 Å². The number of esters is 1. The summed E-state index contributed by atoms with van der Waals surface area (Å²) in [6.07, 6.45) is -0.654. The van der Waals surface area contributed by atoms with Gasteiger partial charge < -0.3 is 10.1 Å². The Bertz CT molecular complexity index is 570. The fourth-order valence-corrected chi connectivity index (χ4v) is 3.95. The predicted molar refractivity (Wildman–Crippen MR) is 73.1 cm³/mol. The molecular formula is C12H14ClNO4S. The summed E-state index contributed by atoms with van der Waals surface area (Å²) >= 11 is 5.78. The molecule has 1 N–H and O–H groups in total. The number of carbonyl (C=O) groups is 1. The monoisotopic (exact) mass is 303 g/mol. The molecule has 0 saturated carbocycles. The average molecular weight is 304 g/mol. The first-order chi connectivity index (χ1) is 8.85. The quantitative estimate of drug-likeness (QED) is 0.856. The zero-order valence-electron chi connectivity index (χ0n) is 10.3. The van der Waals surface area contributed by atoms with Crippen molar-refractivity contribution in [1.82, 2.24) is 0 Å². The van der Waals surface area contributed by atoms with E-state index in [1.165, 1.54) is 6.92 Å². The van der Waals surface area contributed by atoms with Crippen LogP contribution < -0.4 is 5.32 Å². The van der Waals surface area contributed by atoms with Gasteiger partial charge in [0.1, 0.15) is 6.10 Å². The average Bonchev–Trinajstić information content (AvgIpc) is 2.55. The van der Waals surface area contributed by atoms with Crippen molar-refractivity contribution in [2.45, 2.75) is 19.1 Å². The second-order valence-electron chi connectivity index (χ2n) is 4.48. The van der Waals surface area contributed by atoms with E-state index >= 15 is 0 Å². The first kappa shape index (κ1) is 14.1. The van der Waals surface area contributed by atoms with E-state index in [2.05, 4.69) is 5.32 Å². The van der Waals surface area contributed by atoms with Crippen LogP contribution in [0.3, 0.4) is 0 Å². The number of ether oxygens (including phenoxy) is 1. The van der Waals surface area contributed by atoms with Gasteiger partial charge in [0.05, 0.1) is 17.5 Å². The topological polar surface area (TPSA) is 72.5 Å². The van der Waals surface area contributed by atoms with Gasteiger partial charge in [-0.2, -0.15) is 0 Å². The maximum absolute atomic E-state index is 11.6. The van der Waals surface area contributed by atoms with E-state index in [1.807, 2.05) is 0 Å². The van der Waals surface area contributed by atoms with Gasteiger partial charge in [-0.15, -0.1) is 0 Å². The molecular weight excluding hydrogens is 290 g/mol. The number of nitrogens with one attached hydrogen (secondary N) is 1. The maximum atomic E-state index is 11.6. The molecule has 2 atom stereocenters. The molecule has 0 unspecified atom stereocenters. The third kappa shape index (κ3) is 3.84. The van der Waals surface area contributed by atoms with Gasteiger partial charge in [0.15, 0.2) is 9.84 Å². The van der Waals surface area contributed by atoms with Gasteiger partial charge in [-0.3, -0.25) is 4.79 Å². The van der Waals surface area contributed by atoms with E-state index in [1.54, 1.807) is 24.3 Å². The molecule has 0 aromatic heterocycles. The number of sulfone groups is 1. The Kier molecular flexibility index (Phi) is 4.01. The van der Waals surface area contributed by atoms with Crippen LogP contribution in [0.25, 0.3) is 0 Å². The Morgan fingerprint density at radius 3 is 2.53 bits per heavy atom.